The van der Waals surface area contributed by atoms with E-state index in [-0.39, 0.29) is 48.1 Å². The molecule has 0 aromatic rings. The first-order chi connectivity index (χ1) is 25.5. The van der Waals surface area contributed by atoms with Crippen molar-refractivity contribution in [1.82, 2.24) is 0 Å². The summed E-state index contributed by atoms with van der Waals surface area (Å²) in [5.74, 6) is 7.09. The minimum atomic E-state index is -0.893. The summed E-state index contributed by atoms with van der Waals surface area (Å²) in [4.78, 5) is 21.9. The van der Waals surface area contributed by atoms with Crippen LogP contribution >= 0.6 is 0 Å². The van der Waals surface area contributed by atoms with Gasteiger partial charge in [0.05, 0.1) is 12.2 Å². The van der Waals surface area contributed by atoms with E-state index in [9.17, 15) is 30.0 Å². The topological polar surface area (TPSA) is 121 Å². The van der Waals surface area contributed by atoms with Crippen LogP contribution < -0.4 is 10.2 Å². The van der Waals surface area contributed by atoms with Gasteiger partial charge in [-0.15, -0.1) is 0 Å². The quantitative estimate of drug-likeness (QED) is 0.242. The van der Waals surface area contributed by atoms with Gasteiger partial charge in [-0.3, -0.25) is 0 Å². The molecule has 8 rings (SSSR count). The monoisotopic (exact) mass is 775 g/mol. The second kappa shape index (κ2) is 16.9. The third-order valence-corrected chi connectivity index (χ3v) is 20.4. The number of carbonyl (C=O) groups is 2. The average Bonchev–Trinajstić information content (AvgIpc) is 3.67. The molecule has 2 unspecified atom stereocenters. The first-order valence-corrected chi connectivity index (χ1v) is 23.3. The zero-order chi connectivity index (χ0) is 38.8. The molecule has 8 aliphatic carbocycles. The maximum Gasteiger partial charge on any atom is 2.00 e. The Balaban J connectivity index is 0.000000184. The van der Waals surface area contributed by atoms with Gasteiger partial charge in [0.1, 0.15) is 0 Å². The SMILES string of the molecule is C[C@H](CCC(=O)[O-])[C@H]1CC[C@H]2[C@@H]3CC[C@@H]4C[C@H](O)CC[C@]4(C)C3CC[C@]12C.C[C@H](CCC(=O)[O-])[C@H]1CC[C@H]2[C@@H]3CC[C@@H]4C[C@H](O)CC[C@]4(C)C3CC[C@]12C.[Mg+2]. The third-order valence-electron chi connectivity index (χ3n) is 20.4. The molecule has 18 atom stereocenters. The Labute approximate surface area is 351 Å². The molecule has 55 heavy (non-hydrogen) atoms. The molecule has 0 radical (unpaired) electrons. The Hall–Kier alpha value is -0.374. The molecule has 0 heterocycles. The molecule has 2 N–H and O–H groups in total. The Morgan fingerprint density at radius 1 is 0.527 bits per heavy atom. The van der Waals surface area contributed by atoms with Crippen molar-refractivity contribution in [3.05, 3.63) is 0 Å². The Morgan fingerprint density at radius 3 is 1.24 bits per heavy atom. The number of carboxylic acid groups (broad SMARTS) is 2. The smallest absolute Gasteiger partial charge is 0.550 e. The van der Waals surface area contributed by atoms with Crippen LogP contribution in [-0.2, 0) is 9.59 Å². The standard InChI is InChI=1S/2C24H40O3.Mg/c2*1-15(4-9-22(26)27)19-7-8-20-18-6-5-16-14-17(25)10-12-23(16,2)21(18)11-13-24(19,20)3;/h2*15-21,25H,4-14H2,1-3H3,(H,26,27);/q;;+2/p-2/t2*15-,16-,17-,18+,19-,20+,21?,23+,24-;/m11./s1. The first-order valence-electron chi connectivity index (χ1n) is 23.3. The van der Waals surface area contributed by atoms with Crippen molar-refractivity contribution in [1.29, 1.82) is 0 Å². The molecule has 0 aromatic carbocycles. The summed E-state index contributed by atoms with van der Waals surface area (Å²) in [5, 5.41) is 42.2. The Morgan fingerprint density at radius 2 is 0.873 bits per heavy atom. The number of carboxylic acids is 2. The fourth-order valence-corrected chi connectivity index (χ4v) is 17.5. The number of aliphatic carboxylic acids is 2. The van der Waals surface area contributed by atoms with E-state index in [1.807, 2.05) is 0 Å². The minimum Gasteiger partial charge on any atom is -0.550 e. The van der Waals surface area contributed by atoms with Crippen LogP contribution in [0.25, 0.3) is 0 Å². The number of fused-ring (bicyclic) bond motifs is 10. The van der Waals surface area contributed by atoms with Crippen molar-refractivity contribution in [3.63, 3.8) is 0 Å². The molecular weight excluding hydrogens is 697 g/mol. The second-order valence-corrected chi connectivity index (χ2v) is 22.4. The zero-order valence-corrected chi connectivity index (χ0v) is 37.3. The van der Waals surface area contributed by atoms with E-state index in [1.54, 1.807) is 0 Å². The van der Waals surface area contributed by atoms with Crippen LogP contribution in [-0.4, -0.2) is 57.4 Å². The fourth-order valence-electron chi connectivity index (χ4n) is 17.5. The summed E-state index contributed by atoms with van der Waals surface area (Å²) in [6.45, 7) is 14.8. The molecule has 0 aromatic heterocycles. The second-order valence-electron chi connectivity index (χ2n) is 22.4. The molecule has 0 saturated heterocycles. The van der Waals surface area contributed by atoms with Crippen molar-refractivity contribution in [3.8, 4) is 0 Å². The van der Waals surface area contributed by atoms with Gasteiger partial charge in [0.2, 0.25) is 0 Å². The summed E-state index contributed by atoms with van der Waals surface area (Å²) in [5.41, 5.74) is 1.71. The van der Waals surface area contributed by atoms with Gasteiger partial charge < -0.3 is 30.0 Å². The van der Waals surface area contributed by atoms with Gasteiger partial charge in [0.25, 0.3) is 0 Å². The summed E-state index contributed by atoms with van der Waals surface area (Å²) in [6.07, 6.45) is 24.3. The van der Waals surface area contributed by atoms with Crippen molar-refractivity contribution >= 4 is 35.0 Å². The number of hydrogen-bond donors (Lipinski definition) is 2. The molecule has 7 heteroatoms. The summed E-state index contributed by atoms with van der Waals surface area (Å²) < 4.78 is 0. The zero-order valence-electron chi connectivity index (χ0n) is 35.9. The maximum atomic E-state index is 10.9. The van der Waals surface area contributed by atoms with Crippen LogP contribution in [0.4, 0.5) is 0 Å². The van der Waals surface area contributed by atoms with Crippen LogP contribution in [0.5, 0.6) is 0 Å². The van der Waals surface area contributed by atoms with Crippen LogP contribution in [0, 0.1) is 92.7 Å². The predicted octanol–water partition coefficient (Wildman–Crippen LogP) is 7.96. The van der Waals surface area contributed by atoms with E-state index in [0.29, 0.717) is 45.3 Å². The van der Waals surface area contributed by atoms with Crippen LogP contribution in [0.15, 0.2) is 0 Å². The van der Waals surface area contributed by atoms with Gasteiger partial charge in [0, 0.05) is 11.9 Å². The Bertz CT molecular complexity index is 1260. The van der Waals surface area contributed by atoms with E-state index < -0.39 is 11.9 Å². The maximum absolute atomic E-state index is 10.9. The van der Waals surface area contributed by atoms with Gasteiger partial charge in [0.15, 0.2) is 0 Å². The van der Waals surface area contributed by atoms with Crippen LogP contribution in [0.2, 0.25) is 0 Å². The molecule has 0 bridgehead atoms. The van der Waals surface area contributed by atoms with Crippen molar-refractivity contribution in [2.75, 3.05) is 0 Å². The molecule has 6 nitrogen and oxygen atoms in total. The van der Waals surface area contributed by atoms with E-state index in [4.69, 9.17) is 0 Å². The molecule has 8 aliphatic rings. The number of aliphatic hydroxyl groups excluding tert-OH is 2. The summed E-state index contributed by atoms with van der Waals surface area (Å²) in [6, 6.07) is 0. The van der Waals surface area contributed by atoms with Gasteiger partial charge in [-0.2, -0.15) is 0 Å². The van der Waals surface area contributed by atoms with Gasteiger partial charge in [-0.1, -0.05) is 41.5 Å². The van der Waals surface area contributed by atoms with E-state index in [2.05, 4.69) is 41.5 Å². The Kier molecular flexibility index (Phi) is 13.6. The summed E-state index contributed by atoms with van der Waals surface area (Å²) >= 11 is 0. The van der Waals surface area contributed by atoms with Gasteiger partial charge >= 0.3 is 23.1 Å². The van der Waals surface area contributed by atoms with Gasteiger partial charge in [-0.05, 0) is 234 Å². The minimum absolute atomic E-state index is 0. The number of carbonyl (C=O) groups excluding carboxylic acids is 2. The van der Waals surface area contributed by atoms with E-state index >= 15 is 0 Å². The molecule has 8 fully saturated rings. The normalized spacial score (nSPS) is 49.5. The molecule has 0 aliphatic heterocycles. The number of aliphatic hydroxyl groups is 2. The third kappa shape index (κ3) is 8.00. The van der Waals surface area contributed by atoms with E-state index in [0.717, 1.165) is 85.9 Å². The molecule has 0 spiro atoms. The molecule has 0 amide bonds. The first kappa shape index (κ1) is 44.2. The number of hydrogen-bond acceptors (Lipinski definition) is 6. The average molecular weight is 775 g/mol. The molecule has 8 saturated carbocycles. The van der Waals surface area contributed by atoms with E-state index in [1.165, 1.54) is 89.9 Å². The number of rotatable bonds is 8. The van der Waals surface area contributed by atoms with Crippen molar-refractivity contribution in [2.24, 2.45) is 92.7 Å². The van der Waals surface area contributed by atoms with Crippen LogP contribution in [0.3, 0.4) is 0 Å². The van der Waals surface area contributed by atoms with Crippen molar-refractivity contribution < 1.29 is 30.0 Å². The molecular formula is C48H78MgO6. The van der Waals surface area contributed by atoms with Gasteiger partial charge in [-0.25, -0.2) is 0 Å². The molecule has 308 valence electrons. The van der Waals surface area contributed by atoms with Crippen LogP contribution in [0.1, 0.15) is 183 Å². The van der Waals surface area contributed by atoms with Crippen molar-refractivity contribution in [2.45, 2.75) is 195 Å². The summed E-state index contributed by atoms with van der Waals surface area (Å²) in [7, 11) is 0. The fraction of sp³-hybridized carbons (Fsp3) is 0.958. The predicted molar refractivity (Wildman–Crippen MR) is 215 cm³/mol. The largest absolute Gasteiger partial charge is 2.00 e.